The number of carboxylic acids is 1. The van der Waals surface area contributed by atoms with Crippen molar-refractivity contribution in [3.63, 3.8) is 0 Å². The van der Waals surface area contributed by atoms with Crippen molar-refractivity contribution in [2.75, 3.05) is 12.3 Å². The third kappa shape index (κ3) is 2.51. The lowest BCUT2D eigenvalue weighted by molar-refractivity contribution is 0.0697. The third-order valence-corrected chi connectivity index (χ3v) is 1.51. The minimum absolute atomic E-state index is 0.0900. The molecule has 0 aliphatic carbocycles. The molecular weight excluding hydrogens is 182 g/mol. The standard InChI is InChI=1S/C10H9NO3/c11-9-5-7(2-1-3-12)4-8(6-9)10(13)14/h4-6,12H,3,11H2,(H,13,14). The summed E-state index contributed by atoms with van der Waals surface area (Å²) in [6.45, 7) is -0.267. The number of nitrogen functional groups attached to an aromatic ring is 1. The second-order valence-electron chi connectivity index (χ2n) is 2.61. The highest BCUT2D eigenvalue weighted by molar-refractivity contribution is 5.89. The molecule has 14 heavy (non-hydrogen) atoms. The molecule has 0 aromatic heterocycles. The predicted molar refractivity (Wildman–Crippen MR) is 51.8 cm³/mol. The smallest absolute Gasteiger partial charge is 0.335 e. The molecule has 1 aromatic carbocycles. The highest BCUT2D eigenvalue weighted by Gasteiger charge is 2.03. The molecule has 4 heteroatoms. The molecule has 72 valence electrons. The molecule has 0 amide bonds. The van der Waals surface area contributed by atoms with Gasteiger partial charge in [-0.1, -0.05) is 11.8 Å². The van der Waals surface area contributed by atoms with Gasteiger partial charge in [-0.25, -0.2) is 4.79 Å². The number of anilines is 1. The Morgan fingerprint density at radius 3 is 2.71 bits per heavy atom. The van der Waals surface area contributed by atoms with Crippen LogP contribution in [0.25, 0.3) is 0 Å². The van der Waals surface area contributed by atoms with E-state index in [0.717, 1.165) is 0 Å². The number of hydrogen-bond acceptors (Lipinski definition) is 3. The van der Waals surface area contributed by atoms with Crippen LogP contribution in [0.15, 0.2) is 18.2 Å². The minimum atomic E-state index is -1.05. The van der Waals surface area contributed by atoms with Crippen molar-refractivity contribution in [2.24, 2.45) is 0 Å². The molecular formula is C10H9NO3. The van der Waals surface area contributed by atoms with Crippen molar-refractivity contribution in [2.45, 2.75) is 0 Å². The molecule has 0 spiro atoms. The van der Waals surface area contributed by atoms with E-state index in [1.54, 1.807) is 6.07 Å². The van der Waals surface area contributed by atoms with E-state index in [1.165, 1.54) is 12.1 Å². The van der Waals surface area contributed by atoms with Gasteiger partial charge in [-0.05, 0) is 18.2 Å². The first kappa shape index (κ1) is 10.1. The van der Waals surface area contributed by atoms with Gasteiger partial charge in [-0.2, -0.15) is 0 Å². The first-order chi connectivity index (χ1) is 6.63. The van der Waals surface area contributed by atoms with Crippen LogP contribution in [0.2, 0.25) is 0 Å². The van der Waals surface area contributed by atoms with Crippen LogP contribution in [0.5, 0.6) is 0 Å². The molecule has 0 aliphatic rings. The van der Waals surface area contributed by atoms with Gasteiger partial charge in [0.25, 0.3) is 0 Å². The molecule has 1 rings (SSSR count). The fraction of sp³-hybridized carbons (Fsp3) is 0.100. The summed E-state index contributed by atoms with van der Waals surface area (Å²) in [5.74, 6) is 3.95. The second-order valence-corrected chi connectivity index (χ2v) is 2.61. The van der Waals surface area contributed by atoms with Gasteiger partial charge in [-0.15, -0.1) is 0 Å². The zero-order chi connectivity index (χ0) is 10.6. The molecule has 0 radical (unpaired) electrons. The molecule has 4 nitrogen and oxygen atoms in total. The SMILES string of the molecule is Nc1cc(C#CCO)cc(C(=O)O)c1. The van der Waals surface area contributed by atoms with Gasteiger partial charge in [0.05, 0.1) is 5.56 Å². The first-order valence-electron chi connectivity index (χ1n) is 3.87. The lowest BCUT2D eigenvalue weighted by Gasteiger charge is -1.98. The zero-order valence-corrected chi connectivity index (χ0v) is 7.32. The summed E-state index contributed by atoms with van der Waals surface area (Å²) in [5.41, 5.74) is 6.39. The average Bonchev–Trinajstić information content (AvgIpc) is 2.14. The van der Waals surface area contributed by atoms with Crippen LogP contribution in [0.4, 0.5) is 5.69 Å². The van der Waals surface area contributed by atoms with E-state index in [2.05, 4.69) is 11.8 Å². The summed E-state index contributed by atoms with van der Waals surface area (Å²) in [5, 5.41) is 17.2. The Morgan fingerprint density at radius 1 is 1.43 bits per heavy atom. The van der Waals surface area contributed by atoms with Gasteiger partial charge in [0.2, 0.25) is 0 Å². The summed E-state index contributed by atoms with van der Waals surface area (Å²) in [4.78, 5) is 10.6. The first-order valence-corrected chi connectivity index (χ1v) is 3.87. The Hall–Kier alpha value is -1.99. The van der Waals surface area contributed by atoms with Crippen molar-refractivity contribution in [1.82, 2.24) is 0 Å². The summed E-state index contributed by atoms with van der Waals surface area (Å²) >= 11 is 0. The average molecular weight is 191 g/mol. The summed E-state index contributed by atoms with van der Waals surface area (Å²) in [6.07, 6.45) is 0. The van der Waals surface area contributed by atoms with Crippen molar-refractivity contribution < 1.29 is 15.0 Å². The van der Waals surface area contributed by atoms with Gasteiger partial charge < -0.3 is 15.9 Å². The van der Waals surface area contributed by atoms with Gasteiger partial charge in [0, 0.05) is 11.3 Å². The maximum atomic E-state index is 10.6. The van der Waals surface area contributed by atoms with Crippen molar-refractivity contribution in [3.05, 3.63) is 29.3 Å². The summed E-state index contributed by atoms with van der Waals surface area (Å²) in [6, 6.07) is 4.31. The van der Waals surface area contributed by atoms with Crippen molar-refractivity contribution >= 4 is 11.7 Å². The number of hydrogen-bond donors (Lipinski definition) is 3. The number of carbonyl (C=O) groups is 1. The fourth-order valence-electron chi connectivity index (χ4n) is 0.989. The Bertz CT molecular complexity index is 415. The van der Waals surface area contributed by atoms with Crippen LogP contribution in [0.1, 0.15) is 15.9 Å². The number of carboxylic acid groups (broad SMARTS) is 1. The van der Waals surface area contributed by atoms with Gasteiger partial charge in [0.1, 0.15) is 6.61 Å². The molecule has 0 atom stereocenters. The maximum Gasteiger partial charge on any atom is 0.335 e. The van der Waals surface area contributed by atoms with Gasteiger partial charge in [0.15, 0.2) is 0 Å². The van der Waals surface area contributed by atoms with Gasteiger partial charge in [-0.3, -0.25) is 0 Å². The number of aliphatic hydroxyl groups excluding tert-OH is 1. The lowest BCUT2D eigenvalue weighted by Crippen LogP contribution is -1.98. The van der Waals surface area contributed by atoms with Crippen molar-refractivity contribution in [3.8, 4) is 11.8 Å². The molecule has 0 saturated carbocycles. The quantitative estimate of drug-likeness (QED) is 0.440. The van der Waals surface area contributed by atoms with E-state index in [9.17, 15) is 4.79 Å². The molecule has 0 unspecified atom stereocenters. The number of aromatic carboxylic acids is 1. The molecule has 1 aromatic rings. The number of nitrogens with two attached hydrogens (primary N) is 1. The van der Waals surface area contributed by atoms with E-state index in [0.29, 0.717) is 11.3 Å². The van der Waals surface area contributed by atoms with E-state index < -0.39 is 5.97 Å². The number of benzene rings is 1. The number of rotatable bonds is 1. The Morgan fingerprint density at radius 2 is 2.14 bits per heavy atom. The molecule has 0 aliphatic heterocycles. The summed E-state index contributed by atoms with van der Waals surface area (Å²) in [7, 11) is 0. The van der Waals surface area contributed by atoms with Crippen molar-refractivity contribution in [1.29, 1.82) is 0 Å². The Balaban J connectivity index is 3.13. The molecule has 4 N–H and O–H groups in total. The highest BCUT2D eigenvalue weighted by atomic mass is 16.4. The molecule has 0 bridgehead atoms. The molecule has 0 heterocycles. The van der Waals surface area contributed by atoms with Crippen LogP contribution in [0.3, 0.4) is 0 Å². The minimum Gasteiger partial charge on any atom is -0.478 e. The second kappa shape index (κ2) is 4.30. The summed E-state index contributed by atoms with van der Waals surface area (Å²) < 4.78 is 0. The topological polar surface area (TPSA) is 83.5 Å². The maximum absolute atomic E-state index is 10.6. The van der Waals surface area contributed by atoms with Crippen LogP contribution >= 0.6 is 0 Å². The molecule has 0 fully saturated rings. The predicted octanol–water partition coefficient (Wildman–Crippen LogP) is 0.311. The fourth-order valence-corrected chi connectivity index (χ4v) is 0.989. The largest absolute Gasteiger partial charge is 0.478 e. The molecule has 0 saturated heterocycles. The number of aliphatic hydroxyl groups is 1. The van der Waals surface area contributed by atoms with Crippen LogP contribution < -0.4 is 5.73 Å². The Labute approximate surface area is 81.0 Å². The lowest BCUT2D eigenvalue weighted by atomic mass is 10.1. The highest BCUT2D eigenvalue weighted by Crippen LogP contribution is 2.11. The third-order valence-electron chi connectivity index (χ3n) is 1.51. The Kier molecular flexibility index (Phi) is 3.10. The van der Waals surface area contributed by atoms with E-state index in [1.807, 2.05) is 0 Å². The zero-order valence-electron chi connectivity index (χ0n) is 7.32. The van der Waals surface area contributed by atoms with Crippen LogP contribution in [-0.4, -0.2) is 22.8 Å². The van der Waals surface area contributed by atoms with E-state index >= 15 is 0 Å². The van der Waals surface area contributed by atoms with E-state index in [-0.39, 0.29) is 12.2 Å². The van der Waals surface area contributed by atoms with E-state index in [4.69, 9.17) is 15.9 Å². The van der Waals surface area contributed by atoms with Gasteiger partial charge >= 0.3 is 5.97 Å². The van der Waals surface area contributed by atoms with Crippen LogP contribution in [0, 0.1) is 11.8 Å². The van der Waals surface area contributed by atoms with Crippen LogP contribution in [-0.2, 0) is 0 Å². The normalized spacial score (nSPS) is 8.93. The monoisotopic (exact) mass is 191 g/mol.